The molecule has 0 aliphatic carbocycles. The molecule has 2 heterocycles. The molecule has 2 atom stereocenters. The van der Waals surface area contributed by atoms with Crippen molar-refractivity contribution in [2.24, 2.45) is 4.99 Å². The number of halogens is 1. The van der Waals surface area contributed by atoms with Gasteiger partial charge in [-0.3, -0.25) is 9.89 Å². The van der Waals surface area contributed by atoms with Gasteiger partial charge in [0, 0.05) is 36.1 Å². The summed E-state index contributed by atoms with van der Waals surface area (Å²) in [5.41, 5.74) is 0.822. The van der Waals surface area contributed by atoms with Crippen LogP contribution in [0.1, 0.15) is 29.5 Å². The number of thiophene rings is 1. The molecule has 1 aromatic heterocycles. The van der Waals surface area contributed by atoms with Crippen LogP contribution in [0.25, 0.3) is 0 Å². The third-order valence-electron chi connectivity index (χ3n) is 4.84. The van der Waals surface area contributed by atoms with Crippen molar-refractivity contribution in [3.05, 3.63) is 57.2 Å². The summed E-state index contributed by atoms with van der Waals surface area (Å²) < 4.78 is 5.51. The van der Waals surface area contributed by atoms with Crippen molar-refractivity contribution in [3.63, 3.8) is 0 Å². The van der Waals surface area contributed by atoms with Crippen molar-refractivity contribution in [2.45, 2.75) is 19.1 Å². The first-order chi connectivity index (χ1) is 14.2. The number of aliphatic hydroxyl groups excluding tert-OH is 1. The third kappa shape index (κ3) is 6.69. The van der Waals surface area contributed by atoms with Crippen molar-refractivity contribution in [1.29, 1.82) is 0 Å². The minimum absolute atomic E-state index is 0.232. The number of benzene rings is 1. The fourth-order valence-electron chi connectivity index (χ4n) is 3.27. The number of hydrogen-bond acceptors (Lipinski definition) is 5. The molecule has 158 valence electrons. The third-order valence-corrected chi connectivity index (χ3v) is 6.07. The Morgan fingerprint density at radius 1 is 1.24 bits per heavy atom. The van der Waals surface area contributed by atoms with Crippen molar-refractivity contribution >= 4 is 28.9 Å². The maximum absolute atomic E-state index is 10.5. The molecule has 1 aromatic carbocycles. The van der Waals surface area contributed by atoms with E-state index < -0.39 is 6.10 Å². The predicted octanol–water partition coefficient (Wildman–Crippen LogP) is 3.06. The lowest BCUT2D eigenvalue weighted by Gasteiger charge is -2.33. The molecule has 1 aliphatic rings. The number of nitrogens with one attached hydrogen (secondary N) is 2. The van der Waals surface area contributed by atoms with Crippen LogP contribution in [0.15, 0.2) is 46.8 Å². The molecule has 1 saturated heterocycles. The largest absolute Gasteiger partial charge is 0.387 e. The molecule has 0 amide bonds. The molecule has 0 saturated carbocycles. The molecule has 3 rings (SSSR count). The smallest absolute Gasteiger partial charge is 0.191 e. The SMILES string of the molecule is CCNC(=NCC(c1cccs1)N1CCOCC1)NCC(O)c1ccc(Cl)cc1. The Balaban J connectivity index is 1.63. The second-order valence-electron chi connectivity index (χ2n) is 6.85. The molecule has 29 heavy (non-hydrogen) atoms. The van der Waals surface area contributed by atoms with Crippen molar-refractivity contribution in [2.75, 3.05) is 45.9 Å². The van der Waals surface area contributed by atoms with Crippen LogP contribution in [0.5, 0.6) is 0 Å². The van der Waals surface area contributed by atoms with Crippen LogP contribution in [0, 0.1) is 0 Å². The molecule has 8 heteroatoms. The molecule has 6 nitrogen and oxygen atoms in total. The van der Waals surface area contributed by atoms with Crippen LogP contribution < -0.4 is 10.6 Å². The number of aliphatic imine (C=N–C) groups is 1. The molecule has 1 fully saturated rings. The molecule has 0 bridgehead atoms. The first-order valence-corrected chi connectivity index (χ1v) is 11.2. The Hall–Kier alpha value is -1.64. The summed E-state index contributed by atoms with van der Waals surface area (Å²) in [6.45, 7) is 7.15. The molecule has 0 spiro atoms. The van der Waals surface area contributed by atoms with Crippen LogP contribution in [-0.2, 0) is 4.74 Å². The fourth-order valence-corrected chi connectivity index (χ4v) is 4.25. The monoisotopic (exact) mass is 436 g/mol. The van der Waals surface area contributed by atoms with Crippen LogP contribution in [0.2, 0.25) is 5.02 Å². The van der Waals surface area contributed by atoms with E-state index in [0.29, 0.717) is 24.1 Å². The summed E-state index contributed by atoms with van der Waals surface area (Å²) in [5, 5.41) is 19.7. The van der Waals surface area contributed by atoms with Gasteiger partial charge in [0.05, 0.1) is 31.9 Å². The highest BCUT2D eigenvalue weighted by molar-refractivity contribution is 7.10. The summed E-state index contributed by atoms with van der Waals surface area (Å²) in [4.78, 5) is 8.56. The average molecular weight is 437 g/mol. The Morgan fingerprint density at radius 2 is 2.00 bits per heavy atom. The van der Waals surface area contributed by atoms with Gasteiger partial charge >= 0.3 is 0 Å². The van der Waals surface area contributed by atoms with E-state index in [0.717, 1.165) is 38.4 Å². The number of morpholine rings is 1. The number of nitrogens with zero attached hydrogens (tertiary/aromatic N) is 2. The molecular weight excluding hydrogens is 408 g/mol. The lowest BCUT2D eigenvalue weighted by molar-refractivity contribution is 0.0186. The van der Waals surface area contributed by atoms with Gasteiger partial charge < -0.3 is 20.5 Å². The van der Waals surface area contributed by atoms with Crippen molar-refractivity contribution in [3.8, 4) is 0 Å². The zero-order chi connectivity index (χ0) is 20.5. The predicted molar refractivity (Wildman–Crippen MR) is 120 cm³/mol. The molecule has 2 unspecified atom stereocenters. The fraction of sp³-hybridized carbons (Fsp3) is 0.476. The Morgan fingerprint density at radius 3 is 2.66 bits per heavy atom. The van der Waals surface area contributed by atoms with E-state index in [1.54, 1.807) is 23.5 Å². The first-order valence-electron chi connectivity index (χ1n) is 9.98. The standard InChI is InChI=1S/C21H29ClN4O2S/c1-2-23-21(25-15-19(27)16-5-7-17(22)8-6-16)24-14-18(20-4-3-13-29-20)26-9-11-28-12-10-26/h3-8,13,18-19,27H,2,9-12,14-15H2,1H3,(H2,23,24,25). The maximum Gasteiger partial charge on any atom is 0.191 e. The van der Waals surface area contributed by atoms with Gasteiger partial charge in [-0.2, -0.15) is 0 Å². The van der Waals surface area contributed by atoms with Crippen LogP contribution in [0.3, 0.4) is 0 Å². The van der Waals surface area contributed by atoms with Crippen molar-refractivity contribution < 1.29 is 9.84 Å². The highest BCUT2D eigenvalue weighted by Gasteiger charge is 2.23. The zero-order valence-corrected chi connectivity index (χ0v) is 18.3. The second kappa shape index (κ2) is 11.5. The van der Waals surface area contributed by atoms with E-state index in [-0.39, 0.29) is 6.04 Å². The van der Waals surface area contributed by atoms with E-state index in [1.807, 2.05) is 19.1 Å². The Bertz CT molecular complexity index is 749. The summed E-state index contributed by atoms with van der Waals surface area (Å²) in [6, 6.07) is 11.7. The van der Waals surface area contributed by atoms with Crippen LogP contribution in [0.4, 0.5) is 0 Å². The molecule has 0 radical (unpaired) electrons. The van der Waals surface area contributed by atoms with E-state index in [4.69, 9.17) is 21.3 Å². The number of ether oxygens (including phenoxy) is 1. The van der Waals surface area contributed by atoms with Gasteiger partial charge in [-0.05, 0) is 36.1 Å². The highest BCUT2D eigenvalue weighted by atomic mass is 35.5. The summed E-state index contributed by atoms with van der Waals surface area (Å²) in [6.07, 6.45) is -0.636. The van der Waals surface area contributed by atoms with Gasteiger partial charge in [0.15, 0.2) is 5.96 Å². The summed E-state index contributed by atoms with van der Waals surface area (Å²) in [5.74, 6) is 0.704. The number of rotatable bonds is 8. The zero-order valence-electron chi connectivity index (χ0n) is 16.7. The van der Waals surface area contributed by atoms with Gasteiger partial charge in [-0.1, -0.05) is 29.8 Å². The topological polar surface area (TPSA) is 69.1 Å². The minimum Gasteiger partial charge on any atom is -0.387 e. The van der Waals surface area contributed by atoms with Gasteiger partial charge in [0.25, 0.3) is 0 Å². The minimum atomic E-state index is -0.636. The quantitative estimate of drug-likeness (QED) is 0.438. The number of hydrogen-bond donors (Lipinski definition) is 3. The number of aliphatic hydroxyl groups is 1. The van der Waals surface area contributed by atoms with Gasteiger partial charge in [0.2, 0.25) is 0 Å². The van der Waals surface area contributed by atoms with Crippen LogP contribution >= 0.6 is 22.9 Å². The summed E-state index contributed by atoms with van der Waals surface area (Å²) >= 11 is 7.69. The Labute approximate surface area is 181 Å². The molecule has 2 aromatic rings. The average Bonchev–Trinajstić information content (AvgIpc) is 3.27. The molecule has 3 N–H and O–H groups in total. The van der Waals surface area contributed by atoms with E-state index >= 15 is 0 Å². The normalized spacial score (nSPS) is 17.7. The molecule has 1 aliphatic heterocycles. The van der Waals surface area contributed by atoms with E-state index in [9.17, 15) is 5.11 Å². The molecular formula is C21H29ClN4O2S. The van der Waals surface area contributed by atoms with E-state index in [1.165, 1.54) is 4.88 Å². The maximum atomic E-state index is 10.5. The second-order valence-corrected chi connectivity index (χ2v) is 8.26. The lowest BCUT2D eigenvalue weighted by Crippen LogP contribution is -2.42. The van der Waals surface area contributed by atoms with Gasteiger partial charge in [0.1, 0.15) is 0 Å². The number of guanidine groups is 1. The lowest BCUT2D eigenvalue weighted by atomic mass is 10.1. The Kier molecular flexibility index (Phi) is 8.76. The van der Waals surface area contributed by atoms with Gasteiger partial charge in [-0.15, -0.1) is 11.3 Å². The summed E-state index contributed by atoms with van der Waals surface area (Å²) in [7, 11) is 0. The highest BCUT2D eigenvalue weighted by Crippen LogP contribution is 2.26. The van der Waals surface area contributed by atoms with Crippen molar-refractivity contribution in [1.82, 2.24) is 15.5 Å². The van der Waals surface area contributed by atoms with E-state index in [2.05, 4.69) is 33.0 Å². The van der Waals surface area contributed by atoms with Gasteiger partial charge in [-0.25, -0.2) is 0 Å². The van der Waals surface area contributed by atoms with Crippen LogP contribution in [-0.4, -0.2) is 61.9 Å². The first kappa shape index (κ1) is 22.1.